The van der Waals surface area contributed by atoms with Gasteiger partial charge in [0.1, 0.15) is 11.5 Å². The Morgan fingerprint density at radius 3 is 2.52 bits per heavy atom. The Hall–Kier alpha value is -1.57. The molecule has 2 nitrogen and oxygen atoms in total. The van der Waals surface area contributed by atoms with Crippen LogP contribution in [0.4, 0.5) is 13.2 Å². The highest BCUT2D eigenvalue weighted by molar-refractivity contribution is 14.1. The first-order chi connectivity index (χ1) is 9.86. The number of nitrogens with zero attached hydrogens (tertiary/aromatic N) is 1. The number of aliphatic hydroxyl groups excluding tert-OH is 1. The molecule has 0 atom stereocenters. The minimum Gasteiger partial charge on any atom is -0.515 e. The minimum absolute atomic E-state index is 0.230. The maximum Gasteiger partial charge on any atom is 0.318 e. The Kier molecular flexibility index (Phi) is 4.55. The molecule has 0 radical (unpaired) electrons. The number of rotatable bonds is 3. The SMILES string of the molecule is Cc1ccc(/C(=C\O)C(F)(F)c2ccc(I)cn2)c(F)c1. The van der Waals surface area contributed by atoms with Gasteiger partial charge in [0.15, 0.2) is 0 Å². The maximum atomic E-state index is 14.5. The van der Waals surface area contributed by atoms with Crippen LogP contribution in [0.15, 0.2) is 42.8 Å². The van der Waals surface area contributed by atoms with Crippen LogP contribution in [0.2, 0.25) is 0 Å². The van der Waals surface area contributed by atoms with E-state index in [-0.39, 0.29) is 11.8 Å². The van der Waals surface area contributed by atoms with Crippen LogP contribution < -0.4 is 0 Å². The molecule has 0 bridgehead atoms. The second-order valence-corrected chi connectivity index (χ2v) is 5.71. The summed E-state index contributed by atoms with van der Waals surface area (Å²) in [6, 6.07) is 6.47. The molecule has 110 valence electrons. The van der Waals surface area contributed by atoms with Crippen LogP contribution in [0.5, 0.6) is 0 Å². The predicted octanol–water partition coefficient (Wildman–Crippen LogP) is 4.82. The fraction of sp³-hybridized carbons (Fsp3) is 0.133. The third-order valence-electron chi connectivity index (χ3n) is 2.93. The van der Waals surface area contributed by atoms with E-state index < -0.39 is 23.0 Å². The third kappa shape index (κ3) is 3.20. The summed E-state index contributed by atoms with van der Waals surface area (Å²) in [6.07, 6.45) is 1.51. The van der Waals surface area contributed by atoms with Gasteiger partial charge >= 0.3 is 5.92 Å². The van der Waals surface area contributed by atoms with Crippen molar-refractivity contribution < 1.29 is 18.3 Å². The van der Waals surface area contributed by atoms with Crippen molar-refractivity contribution >= 4 is 28.2 Å². The van der Waals surface area contributed by atoms with Gasteiger partial charge in [0.25, 0.3) is 0 Å². The molecule has 0 amide bonds. The molecule has 0 fully saturated rings. The number of benzene rings is 1. The zero-order valence-corrected chi connectivity index (χ0v) is 13.1. The number of hydrogen-bond acceptors (Lipinski definition) is 2. The zero-order chi connectivity index (χ0) is 15.6. The molecule has 0 unspecified atom stereocenters. The van der Waals surface area contributed by atoms with Gasteiger partial charge in [-0.2, -0.15) is 8.78 Å². The predicted molar refractivity (Wildman–Crippen MR) is 82.6 cm³/mol. The van der Waals surface area contributed by atoms with E-state index in [1.807, 2.05) is 22.6 Å². The van der Waals surface area contributed by atoms with Gasteiger partial charge in [0, 0.05) is 15.3 Å². The Morgan fingerprint density at radius 1 is 1.29 bits per heavy atom. The van der Waals surface area contributed by atoms with Gasteiger partial charge in [-0.3, -0.25) is 4.98 Å². The van der Waals surface area contributed by atoms with Crippen molar-refractivity contribution in [1.29, 1.82) is 0 Å². The Labute approximate surface area is 133 Å². The number of hydrogen-bond donors (Lipinski definition) is 1. The quantitative estimate of drug-likeness (QED) is 0.587. The molecule has 2 aromatic rings. The van der Waals surface area contributed by atoms with Crippen molar-refractivity contribution in [1.82, 2.24) is 4.98 Å². The van der Waals surface area contributed by atoms with Gasteiger partial charge in [-0.1, -0.05) is 12.1 Å². The van der Waals surface area contributed by atoms with E-state index in [0.29, 0.717) is 9.13 Å². The van der Waals surface area contributed by atoms with E-state index in [9.17, 15) is 18.3 Å². The summed E-state index contributed by atoms with van der Waals surface area (Å²) in [4.78, 5) is 3.66. The van der Waals surface area contributed by atoms with Crippen LogP contribution >= 0.6 is 22.6 Å². The molecule has 2 rings (SSSR count). The van der Waals surface area contributed by atoms with Gasteiger partial charge < -0.3 is 5.11 Å². The highest BCUT2D eigenvalue weighted by atomic mass is 127. The molecule has 0 saturated carbocycles. The summed E-state index contributed by atoms with van der Waals surface area (Å²) in [5.41, 5.74) is -1.13. The number of alkyl halides is 2. The van der Waals surface area contributed by atoms with E-state index in [4.69, 9.17) is 0 Å². The van der Waals surface area contributed by atoms with Gasteiger partial charge in [-0.25, -0.2) is 4.39 Å². The molecular weight excluding hydrogens is 394 g/mol. The van der Waals surface area contributed by atoms with Crippen LogP contribution in [0.1, 0.15) is 16.8 Å². The van der Waals surface area contributed by atoms with Crippen molar-refractivity contribution in [3.8, 4) is 0 Å². The molecule has 1 heterocycles. The third-order valence-corrected chi connectivity index (χ3v) is 3.57. The number of pyridine rings is 1. The topological polar surface area (TPSA) is 33.1 Å². The van der Waals surface area contributed by atoms with Crippen molar-refractivity contribution in [2.45, 2.75) is 12.8 Å². The smallest absolute Gasteiger partial charge is 0.318 e. The molecule has 1 N–H and O–H groups in total. The minimum atomic E-state index is -3.60. The highest BCUT2D eigenvalue weighted by Gasteiger charge is 2.40. The monoisotopic (exact) mass is 405 g/mol. The van der Waals surface area contributed by atoms with Gasteiger partial charge in [-0.15, -0.1) is 0 Å². The van der Waals surface area contributed by atoms with Crippen LogP contribution in [0.25, 0.3) is 5.57 Å². The van der Waals surface area contributed by atoms with Crippen molar-refractivity contribution in [3.05, 3.63) is 69.0 Å². The summed E-state index contributed by atoms with van der Waals surface area (Å²) in [7, 11) is 0. The lowest BCUT2D eigenvalue weighted by Crippen LogP contribution is -2.18. The largest absolute Gasteiger partial charge is 0.515 e. The van der Waals surface area contributed by atoms with Crippen molar-refractivity contribution in [2.75, 3.05) is 0 Å². The van der Waals surface area contributed by atoms with Gasteiger partial charge in [-0.05, 0) is 53.3 Å². The lowest BCUT2D eigenvalue weighted by molar-refractivity contribution is 0.0573. The average molecular weight is 405 g/mol. The second-order valence-electron chi connectivity index (χ2n) is 4.46. The van der Waals surface area contributed by atoms with Crippen LogP contribution in [-0.4, -0.2) is 10.1 Å². The molecule has 0 spiro atoms. The first-order valence-corrected chi connectivity index (χ1v) is 7.05. The van der Waals surface area contributed by atoms with E-state index >= 15 is 0 Å². The fourth-order valence-corrected chi connectivity index (χ4v) is 2.18. The van der Waals surface area contributed by atoms with E-state index in [1.165, 1.54) is 24.4 Å². The summed E-state index contributed by atoms with van der Waals surface area (Å²) in [5.74, 6) is -4.42. The molecule has 0 aliphatic carbocycles. The normalized spacial score (nSPS) is 12.5. The molecule has 0 saturated heterocycles. The molecular formula is C15H11F3INO. The lowest BCUT2D eigenvalue weighted by Gasteiger charge is -2.19. The van der Waals surface area contributed by atoms with Crippen LogP contribution in [0, 0.1) is 16.3 Å². The van der Waals surface area contributed by atoms with Crippen LogP contribution in [-0.2, 0) is 5.92 Å². The molecule has 6 heteroatoms. The Bertz CT molecular complexity index is 684. The summed E-state index contributed by atoms with van der Waals surface area (Å²) < 4.78 is 43.5. The molecule has 21 heavy (non-hydrogen) atoms. The lowest BCUT2D eigenvalue weighted by atomic mass is 9.97. The summed E-state index contributed by atoms with van der Waals surface area (Å²) in [5, 5.41) is 9.19. The average Bonchev–Trinajstić information content (AvgIpc) is 2.42. The van der Waals surface area contributed by atoms with E-state index in [2.05, 4.69) is 4.98 Å². The van der Waals surface area contributed by atoms with Crippen LogP contribution in [0.3, 0.4) is 0 Å². The van der Waals surface area contributed by atoms with Crippen molar-refractivity contribution in [3.63, 3.8) is 0 Å². The standard InChI is InChI=1S/C15H11F3INO/c1-9-2-4-11(13(16)6-9)12(8-21)15(17,18)14-5-3-10(19)7-20-14/h2-8,21H,1H3/b12-8+. The zero-order valence-electron chi connectivity index (χ0n) is 10.9. The number of halogens is 4. The van der Waals surface area contributed by atoms with Crippen molar-refractivity contribution in [2.24, 2.45) is 0 Å². The van der Waals surface area contributed by atoms with E-state index in [0.717, 1.165) is 12.1 Å². The number of aryl methyl sites for hydroxylation is 1. The van der Waals surface area contributed by atoms with Gasteiger partial charge in [0.05, 0.1) is 11.8 Å². The molecule has 1 aromatic carbocycles. The molecule has 0 aliphatic rings. The van der Waals surface area contributed by atoms with Gasteiger partial charge in [0.2, 0.25) is 0 Å². The van der Waals surface area contributed by atoms with E-state index in [1.54, 1.807) is 6.92 Å². The Morgan fingerprint density at radius 2 is 2.00 bits per heavy atom. The Balaban J connectivity index is 2.52. The number of aromatic nitrogens is 1. The second kappa shape index (κ2) is 6.05. The maximum absolute atomic E-state index is 14.5. The first-order valence-electron chi connectivity index (χ1n) is 5.97. The first kappa shape index (κ1) is 15.8. The number of allylic oxidation sites excluding steroid dienone is 1. The summed E-state index contributed by atoms with van der Waals surface area (Å²) in [6.45, 7) is 1.65. The summed E-state index contributed by atoms with van der Waals surface area (Å²) >= 11 is 1.94. The fourth-order valence-electron chi connectivity index (χ4n) is 1.86. The molecule has 0 aliphatic heterocycles. The molecule has 1 aromatic heterocycles. The number of aliphatic hydroxyl groups is 1. The highest BCUT2D eigenvalue weighted by Crippen LogP contribution is 2.41.